The van der Waals surface area contributed by atoms with Crippen molar-refractivity contribution in [1.82, 2.24) is 4.90 Å². The van der Waals surface area contributed by atoms with Crippen molar-refractivity contribution in [2.24, 2.45) is 5.92 Å². The largest absolute Gasteiger partial charge is 0.494 e. The van der Waals surface area contributed by atoms with E-state index < -0.39 is 9.84 Å². The third-order valence-electron chi connectivity index (χ3n) is 5.13. The van der Waals surface area contributed by atoms with Gasteiger partial charge in [-0.05, 0) is 68.4 Å². The SMILES string of the molecule is CCOc1ccc(CCC2CCN(C(=O)c3ccc(S(C)(=O)=O)o3)CC2)cc1. The number of carbonyl (C=O) groups excluding carboxylic acids is 1. The molecule has 1 aliphatic rings. The Balaban J connectivity index is 1.47. The molecule has 0 N–H and O–H groups in total. The molecule has 7 heteroatoms. The Kier molecular flexibility index (Phi) is 6.44. The summed E-state index contributed by atoms with van der Waals surface area (Å²) < 4.78 is 33.7. The number of aryl methyl sites for hydroxylation is 1. The van der Waals surface area contributed by atoms with Gasteiger partial charge >= 0.3 is 0 Å². The summed E-state index contributed by atoms with van der Waals surface area (Å²) in [5, 5.41) is -0.166. The summed E-state index contributed by atoms with van der Waals surface area (Å²) in [7, 11) is -3.44. The molecule has 152 valence electrons. The van der Waals surface area contributed by atoms with Crippen LogP contribution in [0.4, 0.5) is 0 Å². The third kappa shape index (κ3) is 5.16. The standard InChI is InChI=1S/C21H27NO5S/c1-3-26-18-8-6-16(7-9-18)4-5-17-12-14-22(15-13-17)21(23)19-10-11-20(27-19)28(2,24)25/h6-11,17H,3-5,12-15H2,1-2H3. The van der Waals surface area contributed by atoms with Crippen LogP contribution in [0.5, 0.6) is 5.75 Å². The summed E-state index contributed by atoms with van der Waals surface area (Å²) in [6.45, 7) is 3.98. The molecule has 0 saturated carbocycles. The summed E-state index contributed by atoms with van der Waals surface area (Å²) in [4.78, 5) is 14.3. The number of sulfone groups is 1. The van der Waals surface area contributed by atoms with E-state index in [1.807, 2.05) is 19.1 Å². The fraction of sp³-hybridized carbons (Fsp3) is 0.476. The predicted octanol–water partition coefficient (Wildman–Crippen LogP) is 3.57. The quantitative estimate of drug-likeness (QED) is 0.704. The maximum Gasteiger partial charge on any atom is 0.289 e. The van der Waals surface area contributed by atoms with Crippen LogP contribution < -0.4 is 4.74 Å². The Labute approximate surface area is 166 Å². The maximum absolute atomic E-state index is 12.5. The molecule has 0 radical (unpaired) electrons. The van der Waals surface area contributed by atoms with Gasteiger partial charge in [0, 0.05) is 19.3 Å². The summed E-state index contributed by atoms with van der Waals surface area (Å²) in [5.74, 6) is 1.34. The number of benzene rings is 1. The van der Waals surface area contributed by atoms with Crippen LogP contribution in [0.25, 0.3) is 0 Å². The molecule has 1 amide bonds. The number of furan rings is 1. The molecule has 28 heavy (non-hydrogen) atoms. The Hall–Kier alpha value is -2.28. The number of hydrogen-bond acceptors (Lipinski definition) is 5. The van der Waals surface area contributed by atoms with Crippen molar-refractivity contribution in [3.8, 4) is 5.75 Å². The molecule has 3 rings (SSSR count). The van der Waals surface area contributed by atoms with E-state index in [1.54, 1.807) is 4.90 Å². The van der Waals surface area contributed by atoms with Crippen molar-refractivity contribution in [3.63, 3.8) is 0 Å². The molecule has 2 aromatic rings. The average molecular weight is 406 g/mol. The van der Waals surface area contributed by atoms with Gasteiger partial charge in [0.05, 0.1) is 6.61 Å². The monoisotopic (exact) mass is 405 g/mol. The zero-order valence-corrected chi connectivity index (χ0v) is 17.2. The van der Waals surface area contributed by atoms with E-state index in [2.05, 4.69) is 12.1 Å². The Bertz CT molecular complexity index is 893. The summed E-state index contributed by atoms with van der Waals surface area (Å²) in [5.41, 5.74) is 1.30. The summed E-state index contributed by atoms with van der Waals surface area (Å²) in [6, 6.07) is 11.0. The zero-order chi connectivity index (χ0) is 20.1. The molecule has 2 heterocycles. The van der Waals surface area contributed by atoms with Crippen LogP contribution in [-0.2, 0) is 16.3 Å². The highest BCUT2D eigenvalue weighted by Gasteiger charge is 2.26. The Morgan fingerprint density at radius 3 is 2.39 bits per heavy atom. The van der Waals surface area contributed by atoms with E-state index in [1.165, 1.54) is 17.7 Å². The molecular weight excluding hydrogens is 378 g/mol. The van der Waals surface area contributed by atoms with Crippen LogP contribution in [0.15, 0.2) is 45.9 Å². The maximum atomic E-state index is 12.5. The van der Waals surface area contributed by atoms with Crippen LogP contribution >= 0.6 is 0 Å². The second kappa shape index (κ2) is 8.82. The number of likely N-dealkylation sites (tertiary alicyclic amines) is 1. The molecule has 1 saturated heterocycles. The molecule has 0 unspecified atom stereocenters. The van der Waals surface area contributed by atoms with Gasteiger partial charge in [0.2, 0.25) is 14.9 Å². The van der Waals surface area contributed by atoms with Gasteiger partial charge in [0.1, 0.15) is 5.75 Å². The van der Waals surface area contributed by atoms with Gasteiger partial charge in [-0.1, -0.05) is 12.1 Å². The van der Waals surface area contributed by atoms with Gasteiger partial charge < -0.3 is 14.1 Å². The number of piperidine rings is 1. The number of amides is 1. The van der Waals surface area contributed by atoms with Crippen molar-refractivity contribution in [1.29, 1.82) is 0 Å². The average Bonchev–Trinajstić information content (AvgIpc) is 3.18. The minimum atomic E-state index is -3.44. The van der Waals surface area contributed by atoms with E-state index >= 15 is 0 Å². The van der Waals surface area contributed by atoms with Gasteiger partial charge in [0.25, 0.3) is 5.91 Å². The first-order chi connectivity index (χ1) is 13.4. The van der Waals surface area contributed by atoms with Crippen LogP contribution in [0.2, 0.25) is 0 Å². The molecule has 1 aromatic carbocycles. The molecular formula is C21H27NO5S. The van der Waals surface area contributed by atoms with Crippen molar-refractivity contribution in [3.05, 3.63) is 47.7 Å². The smallest absolute Gasteiger partial charge is 0.289 e. The van der Waals surface area contributed by atoms with Crippen LogP contribution in [0.1, 0.15) is 42.3 Å². The fourth-order valence-electron chi connectivity index (χ4n) is 3.50. The molecule has 1 aliphatic heterocycles. The lowest BCUT2D eigenvalue weighted by Crippen LogP contribution is -2.38. The number of ether oxygens (including phenoxy) is 1. The lowest BCUT2D eigenvalue weighted by molar-refractivity contribution is 0.0649. The Morgan fingerprint density at radius 1 is 1.14 bits per heavy atom. The second-order valence-corrected chi connectivity index (χ2v) is 9.19. The van der Waals surface area contributed by atoms with Crippen LogP contribution in [-0.4, -0.2) is 45.2 Å². The highest BCUT2D eigenvalue weighted by Crippen LogP contribution is 2.25. The molecule has 0 atom stereocenters. The minimum Gasteiger partial charge on any atom is -0.494 e. The highest BCUT2D eigenvalue weighted by atomic mass is 32.2. The first-order valence-corrected chi connectivity index (χ1v) is 11.6. The van der Waals surface area contributed by atoms with Crippen molar-refractivity contribution in [2.45, 2.75) is 37.7 Å². The minimum absolute atomic E-state index is 0.0910. The number of carbonyl (C=O) groups is 1. The molecule has 1 aromatic heterocycles. The molecule has 0 aliphatic carbocycles. The van der Waals surface area contributed by atoms with Gasteiger partial charge in [-0.25, -0.2) is 8.42 Å². The summed E-state index contributed by atoms with van der Waals surface area (Å²) >= 11 is 0. The van der Waals surface area contributed by atoms with Crippen molar-refractivity contribution >= 4 is 15.7 Å². The van der Waals surface area contributed by atoms with E-state index in [-0.39, 0.29) is 16.8 Å². The van der Waals surface area contributed by atoms with Gasteiger partial charge in [-0.3, -0.25) is 4.79 Å². The van der Waals surface area contributed by atoms with Crippen LogP contribution in [0.3, 0.4) is 0 Å². The summed E-state index contributed by atoms with van der Waals surface area (Å²) in [6.07, 6.45) is 5.07. The Morgan fingerprint density at radius 2 is 1.82 bits per heavy atom. The van der Waals surface area contributed by atoms with E-state index in [0.29, 0.717) is 25.6 Å². The number of rotatable bonds is 7. The first kappa shape index (κ1) is 20.5. The van der Waals surface area contributed by atoms with Crippen molar-refractivity contribution < 1.29 is 22.4 Å². The third-order valence-corrected chi connectivity index (χ3v) is 6.09. The zero-order valence-electron chi connectivity index (χ0n) is 16.4. The van der Waals surface area contributed by atoms with Crippen LogP contribution in [0, 0.1) is 5.92 Å². The second-order valence-electron chi connectivity index (χ2n) is 7.24. The van der Waals surface area contributed by atoms with Gasteiger partial charge in [-0.15, -0.1) is 0 Å². The molecule has 6 nitrogen and oxygen atoms in total. The lowest BCUT2D eigenvalue weighted by Gasteiger charge is -2.31. The lowest BCUT2D eigenvalue weighted by atomic mass is 9.90. The number of nitrogens with zero attached hydrogens (tertiary/aromatic N) is 1. The molecule has 1 fully saturated rings. The van der Waals surface area contributed by atoms with E-state index in [4.69, 9.17) is 9.15 Å². The first-order valence-electron chi connectivity index (χ1n) is 9.67. The van der Waals surface area contributed by atoms with E-state index in [9.17, 15) is 13.2 Å². The topological polar surface area (TPSA) is 76.8 Å². The molecule has 0 spiro atoms. The molecule has 0 bridgehead atoms. The van der Waals surface area contributed by atoms with Gasteiger partial charge in [-0.2, -0.15) is 0 Å². The normalized spacial score (nSPS) is 15.6. The highest BCUT2D eigenvalue weighted by molar-refractivity contribution is 7.90. The fourth-order valence-corrected chi connectivity index (χ4v) is 4.06. The number of hydrogen-bond donors (Lipinski definition) is 0. The van der Waals surface area contributed by atoms with E-state index in [0.717, 1.165) is 37.7 Å². The predicted molar refractivity (Wildman–Crippen MR) is 106 cm³/mol. The van der Waals surface area contributed by atoms with Gasteiger partial charge in [0.15, 0.2) is 5.76 Å². The van der Waals surface area contributed by atoms with Crippen molar-refractivity contribution in [2.75, 3.05) is 26.0 Å².